The van der Waals surface area contributed by atoms with E-state index in [0.29, 0.717) is 0 Å². The van der Waals surface area contributed by atoms with Gasteiger partial charge in [0.25, 0.3) is 0 Å². The van der Waals surface area contributed by atoms with Crippen molar-refractivity contribution in [2.75, 3.05) is 20.7 Å². The molecule has 0 atom stereocenters. The predicted molar refractivity (Wildman–Crippen MR) is 111 cm³/mol. The lowest BCUT2D eigenvalue weighted by Gasteiger charge is -2.14. The Labute approximate surface area is 171 Å². The summed E-state index contributed by atoms with van der Waals surface area (Å²) in [5, 5.41) is 18.0. The number of aliphatic carboxylic acids is 2. The molecular formula is C22H30N2O5. The van der Waals surface area contributed by atoms with Crippen molar-refractivity contribution in [2.45, 2.75) is 45.1 Å². The fourth-order valence-electron chi connectivity index (χ4n) is 3.61. The summed E-state index contributed by atoms with van der Waals surface area (Å²) in [6.07, 6.45) is 7.65. The van der Waals surface area contributed by atoms with Crippen molar-refractivity contribution < 1.29 is 24.5 Å². The monoisotopic (exact) mass is 402 g/mol. The summed E-state index contributed by atoms with van der Waals surface area (Å²) >= 11 is 0. The third-order valence-corrected chi connectivity index (χ3v) is 5.04. The molecule has 0 radical (unpaired) electrons. The lowest BCUT2D eigenvalue weighted by Crippen LogP contribution is -2.13. The van der Waals surface area contributed by atoms with Gasteiger partial charge in [-0.15, -0.1) is 0 Å². The van der Waals surface area contributed by atoms with Crippen LogP contribution in [0.5, 0.6) is 5.75 Å². The van der Waals surface area contributed by atoms with Gasteiger partial charge < -0.3 is 24.8 Å². The van der Waals surface area contributed by atoms with E-state index in [2.05, 4.69) is 40.2 Å². The minimum Gasteiger partial charge on any atom is -0.497 e. The van der Waals surface area contributed by atoms with Crippen LogP contribution in [0.2, 0.25) is 0 Å². The standard InChI is InChI=1S/C20H28N2O.C2H2O4/c1-21-13-6-14-22-19-8-5-3-4-7-17(19)15-20(22)16-9-11-18(23-2)12-10-16;3-1(4)2(5)6/h9-12,15,21H,3-8,13-14H2,1-2H3;(H,3,4)(H,5,6). The number of aromatic nitrogens is 1. The molecule has 1 aromatic heterocycles. The van der Waals surface area contributed by atoms with Gasteiger partial charge in [0.1, 0.15) is 5.75 Å². The van der Waals surface area contributed by atoms with Crippen LogP contribution in [0.3, 0.4) is 0 Å². The molecule has 1 aliphatic rings. The number of fused-ring (bicyclic) bond motifs is 1. The van der Waals surface area contributed by atoms with E-state index < -0.39 is 11.9 Å². The summed E-state index contributed by atoms with van der Waals surface area (Å²) in [4.78, 5) is 18.2. The number of hydrogen-bond donors (Lipinski definition) is 3. The van der Waals surface area contributed by atoms with Crippen LogP contribution in [-0.4, -0.2) is 47.4 Å². The Hall–Kier alpha value is -2.80. The average molecular weight is 402 g/mol. The molecule has 0 bridgehead atoms. The van der Waals surface area contributed by atoms with Gasteiger partial charge in [-0.2, -0.15) is 0 Å². The molecule has 3 rings (SSSR count). The highest BCUT2D eigenvalue weighted by atomic mass is 16.5. The normalized spacial score (nSPS) is 12.9. The molecule has 0 spiro atoms. The zero-order valence-electron chi connectivity index (χ0n) is 17.1. The highest BCUT2D eigenvalue weighted by Gasteiger charge is 2.18. The maximum absolute atomic E-state index is 9.10. The molecule has 158 valence electrons. The van der Waals surface area contributed by atoms with E-state index >= 15 is 0 Å². The minimum atomic E-state index is -1.82. The SMILES string of the molecule is CNCCCn1c(-c2ccc(OC)cc2)cc2c1CCCCC2.O=C(O)C(=O)O. The van der Waals surface area contributed by atoms with Crippen LogP contribution >= 0.6 is 0 Å². The maximum atomic E-state index is 9.10. The third-order valence-electron chi connectivity index (χ3n) is 5.04. The third kappa shape index (κ3) is 6.35. The second kappa shape index (κ2) is 11.3. The number of ether oxygens (including phenoxy) is 1. The molecule has 29 heavy (non-hydrogen) atoms. The fraction of sp³-hybridized carbons (Fsp3) is 0.455. The van der Waals surface area contributed by atoms with Crippen LogP contribution in [0.1, 0.15) is 36.9 Å². The van der Waals surface area contributed by atoms with Gasteiger partial charge in [0, 0.05) is 17.9 Å². The molecule has 0 unspecified atom stereocenters. The maximum Gasteiger partial charge on any atom is 0.414 e. The Morgan fingerprint density at radius 1 is 1.07 bits per heavy atom. The fourth-order valence-corrected chi connectivity index (χ4v) is 3.61. The van der Waals surface area contributed by atoms with Crippen LogP contribution in [0.15, 0.2) is 30.3 Å². The first kappa shape index (κ1) is 22.5. The first-order chi connectivity index (χ1) is 14.0. The summed E-state index contributed by atoms with van der Waals surface area (Å²) in [5.74, 6) is -2.73. The van der Waals surface area contributed by atoms with Gasteiger partial charge in [0.15, 0.2) is 0 Å². The van der Waals surface area contributed by atoms with E-state index in [4.69, 9.17) is 24.5 Å². The van der Waals surface area contributed by atoms with Crippen molar-refractivity contribution in [3.05, 3.63) is 41.6 Å². The van der Waals surface area contributed by atoms with Crippen LogP contribution in [0.25, 0.3) is 11.3 Å². The highest BCUT2D eigenvalue weighted by Crippen LogP contribution is 2.31. The molecule has 0 saturated heterocycles. The summed E-state index contributed by atoms with van der Waals surface area (Å²) in [5.41, 5.74) is 5.81. The molecule has 0 fully saturated rings. The number of benzene rings is 1. The number of carboxylic acids is 2. The number of methoxy groups -OCH3 is 1. The van der Waals surface area contributed by atoms with Crippen LogP contribution in [0.4, 0.5) is 0 Å². The summed E-state index contributed by atoms with van der Waals surface area (Å²) in [6, 6.07) is 10.9. The number of nitrogens with zero attached hydrogens (tertiary/aromatic N) is 1. The summed E-state index contributed by atoms with van der Waals surface area (Å²) in [7, 11) is 3.75. The van der Waals surface area contributed by atoms with Crippen molar-refractivity contribution >= 4 is 11.9 Å². The Bertz CT molecular complexity index is 799. The first-order valence-corrected chi connectivity index (χ1v) is 9.94. The summed E-state index contributed by atoms with van der Waals surface area (Å²) in [6.45, 7) is 2.16. The van der Waals surface area contributed by atoms with Crippen molar-refractivity contribution in [1.29, 1.82) is 0 Å². The van der Waals surface area contributed by atoms with Crippen LogP contribution in [0, 0.1) is 0 Å². The van der Waals surface area contributed by atoms with Gasteiger partial charge in [-0.1, -0.05) is 6.42 Å². The molecular weight excluding hydrogens is 372 g/mol. The molecule has 0 saturated carbocycles. The number of aryl methyl sites for hydroxylation is 1. The second-order valence-electron chi connectivity index (χ2n) is 7.01. The van der Waals surface area contributed by atoms with Crippen molar-refractivity contribution in [2.24, 2.45) is 0 Å². The molecule has 0 amide bonds. The molecule has 3 N–H and O–H groups in total. The molecule has 0 aliphatic heterocycles. The molecule has 1 heterocycles. The van der Waals surface area contributed by atoms with Gasteiger partial charge in [-0.05, 0) is 87.2 Å². The van der Waals surface area contributed by atoms with Gasteiger partial charge >= 0.3 is 11.9 Å². The molecule has 1 aliphatic carbocycles. The lowest BCUT2D eigenvalue weighted by molar-refractivity contribution is -0.159. The number of carbonyl (C=O) groups is 2. The Morgan fingerprint density at radius 2 is 1.72 bits per heavy atom. The van der Waals surface area contributed by atoms with Crippen molar-refractivity contribution in [3.8, 4) is 17.0 Å². The number of carboxylic acid groups (broad SMARTS) is 2. The Morgan fingerprint density at radius 3 is 2.31 bits per heavy atom. The Balaban J connectivity index is 0.000000438. The number of hydrogen-bond acceptors (Lipinski definition) is 4. The van der Waals surface area contributed by atoms with E-state index in [9.17, 15) is 0 Å². The van der Waals surface area contributed by atoms with E-state index in [1.165, 1.54) is 49.8 Å². The van der Waals surface area contributed by atoms with Gasteiger partial charge in [-0.3, -0.25) is 0 Å². The zero-order valence-corrected chi connectivity index (χ0v) is 17.1. The first-order valence-electron chi connectivity index (χ1n) is 9.94. The van der Waals surface area contributed by atoms with E-state index in [1.54, 1.807) is 18.4 Å². The topological polar surface area (TPSA) is 101 Å². The summed E-state index contributed by atoms with van der Waals surface area (Å²) < 4.78 is 7.87. The van der Waals surface area contributed by atoms with Crippen molar-refractivity contribution in [1.82, 2.24) is 9.88 Å². The lowest BCUT2D eigenvalue weighted by atomic mass is 10.1. The van der Waals surface area contributed by atoms with E-state index in [0.717, 1.165) is 18.8 Å². The predicted octanol–water partition coefficient (Wildman–Crippen LogP) is 3.20. The van der Waals surface area contributed by atoms with Gasteiger partial charge in [0.2, 0.25) is 0 Å². The zero-order chi connectivity index (χ0) is 21.2. The average Bonchev–Trinajstić information content (AvgIpc) is 2.89. The molecule has 2 aromatic rings. The molecule has 7 heteroatoms. The van der Waals surface area contributed by atoms with E-state index in [1.807, 2.05) is 7.05 Å². The smallest absolute Gasteiger partial charge is 0.414 e. The Kier molecular flexibility index (Phi) is 8.73. The highest BCUT2D eigenvalue weighted by molar-refractivity contribution is 6.27. The largest absolute Gasteiger partial charge is 0.497 e. The van der Waals surface area contributed by atoms with Crippen molar-refractivity contribution in [3.63, 3.8) is 0 Å². The molecule has 7 nitrogen and oxygen atoms in total. The quantitative estimate of drug-likeness (QED) is 0.390. The van der Waals surface area contributed by atoms with Gasteiger partial charge in [0.05, 0.1) is 7.11 Å². The number of rotatable bonds is 6. The van der Waals surface area contributed by atoms with E-state index in [-0.39, 0.29) is 0 Å². The number of nitrogens with one attached hydrogen (secondary N) is 1. The molecule has 1 aromatic carbocycles. The van der Waals surface area contributed by atoms with Crippen LogP contribution in [-0.2, 0) is 29.0 Å². The second-order valence-corrected chi connectivity index (χ2v) is 7.01. The van der Waals surface area contributed by atoms with Gasteiger partial charge in [-0.25, -0.2) is 9.59 Å². The minimum absolute atomic E-state index is 0.920. The van der Waals surface area contributed by atoms with Crippen LogP contribution < -0.4 is 10.1 Å².